The Morgan fingerprint density at radius 3 is 2.41 bits per heavy atom. The van der Waals surface area contributed by atoms with Gasteiger partial charge in [0, 0.05) is 12.1 Å². The third-order valence-electron chi connectivity index (χ3n) is 2.09. The Kier molecular flexibility index (Phi) is 3.85. The molecule has 0 heterocycles. The van der Waals surface area contributed by atoms with Gasteiger partial charge in [-0.2, -0.15) is 5.26 Å². The Morgan fingerprint density at radius 2 is 2.06 bits per heavy atom. The molecule has 1 aromatic carbocycles. The first kappa shape index (κ1) is 12.7. The first-order chi connectivity index (χ1) is 7.97. The number of rotatable bonds is 4. The third kappa shape index (κ3) is 2.83. The largest absolute Gasteiger partial charge is 0.392 e. The number of benzene rings is 1. The molecule has 0 aliphatic rings. The molecule has 0 aromatic heterocycles. The second-order valence-electron chi connectivity index (χ2n) is 3.18. The van der Waals surface area contributed by atoms with Crippen LogP contribution in [0.4, 0.5) is 5.69 Å². The van der Waals surface area contributed by atoms with E-state index in [2.05, 4.69) is 12.2 Å². The maximum absolute atomic E-state index is 10.4. The van der Waals surface area contributed by atoms with Crippen LogP contribution < -0.4 is 5.73 Å². The number of non-ortho nitro benzene ring substituents is 1. The van der Waals surface area contributed by atoms with Gasteiger partial charge in [0.05, 0.1) is 21.7 Å². The molecule has 0 saturated heterocycles. The standard InChI is InChI=1S/C10H8N4O2S/c11-5-8(10(13)17)9(12)6-1-3-7(4-2-6)14(15)16/h1-4,8,12H,(H2,13,17). The predicted molar refractivity (Wildman–Crippen MR) is 65.8 cm³/mol. The van der Waals surface area contributed by atoms with Crippen LogP contribution in [-0.4, -0.2) is 15.6 Å². The van der Waals surface area contributed by atoms with E-state index >= 15 is 0 Å². The summed E-state index contributed by atoms with van der Waals surface area (Å²) in [4.78, 5) is 9.81. The van der Waals surface area contributed by atoms with E-state index in [0.29, 0.717) is 5.56 Å². The Labute approximate surface area is 102 Å². The Balaban J connectivity index is 3.02. The molecule has 1 aromatic rings. The van der Waals surface area contributed by atoms with Crippen molar-refractivity contribution in [2.75, 3.05) is 0 Å². The van der Waals surface area contributed by atoms with Crippen molar-refractivity contribution in [1.82, 2.24) is 0 Å². The lowest BCUT2D eigenvalue weighted by Gasteiger charge is -2.08. The van der Waals surface area contributed by atoms with E-state index < -0.39 is 10.8 Å². The Hall–Kier alpha value is -2.33. The zero-order chi connectivity index (χ0) is 13.0. The SMILES string of the molecule is N#CC(C(=N)c1ccc([N+](=O)[O-])cc1)C(N)=S. The molecule has 0 saturated carbocycles. The molecular weight excluding hydrogens is 240 g/mol. The van der Waals surface area contributed by atoms with Crippen LogP contribution >= 0.6 is 12.2 Å². The summed E-state index contributed by atoms with van der Waals surface area (Å²) >= 11 is 4.67. The maximum Gasteiger partial charge on any atom is 0.269 e. The van der Waals surface area contributed by atoms with Gasteiger partial charge in [0.15, 0.2) is 0 Å². The molecule has 0 fully saturated rings. The minimum Gasteiger partial charge on any atom is -0.392 e. The molecule has 0 radical (unpaired) electrons. The smallest absolute Gasteiger partial charge is 0.269 e. The zero-order valence-corrected chi connectivity index (χ0v) is 9.40. The van der Waals surface area contributed by atoms with Crippen LogP contribution in [0, 0.1) is 32.8 Å². The fraction of sp³-hybridized carbons (Fsp3) is 0.100. The second kappa shape index (κ2) is 5.14. The van der Waals surface area contributed by atoms with Gasteiger partial charge in [0.2, 0.25) is 0 Å². The molecule has 6 nitrogen and oxygen atoms in total. The highest BCUT2D eigenvalue weighted by molar-refractivity contribution is 7.80. The van der Waals surface area contributed by atoms with Crippen LogP contribution in [-0.2, 0) is 0 Å². The zero-order valence-electron chi connectivity index (χ0n) is 8.58. The molecule has 3 N–H and O–H groups in total. The van der Waals surface area contributed by atoms with Gasteiger partial charge in [-0.05, 0) is 17.7 Å². The van der Waals surface area contributed by atoms with Crippen molar-refractivity contribution < 1.29 is 4.92 Å². The molecule has 1 unspecified atom stereocenters. The van der Waals surface area contributed by atoms with Gasteiger partial charge in [-0.25, -0.2) is 0 Å². The molecule has 0 spiro atoms. The van der Waals surface area contributed by atoms with Crippen LogP contribution in [0.5, 0.6) is 0 Å². The summed E-state index contributed by atoms with van der Waals surface area (Å²) < 4.78 is 0. The Morgan fingerprint density at radius 1 is 1.53 bits per heavy atom. The average Bonchev–Trinajstić information content (AvgIpc) is 2.29. The molecule has 0 bridgehead atoms. The monoisotopic (exact) mass is 248 g/mol. The number of nitro benzene ring substituents is 1. The van der Waals surface area contributed by atoms with E-state index in [1.807, 2.05) is 6.07 Å². The number of hydrogen-bond acceptors (Lipinski definition) is 5. The van der Waals surface area contributed by atoms with Crippen molar-refractivity contribution in [2.45, 2.75) is 0 Å². The summed E-state index contributed by atoms with van der Waals surface area (Å²) in [5, 5.41) is 27.0. The lowest BCUT2D eigenvalue weighted by atomic mass is 9.98. The van der Waals surface area contributed by atoms with Gasteiger partial charge >= 0.3 is 0 Å². The van der Waals surface area contributed by atoms with Crippen molar-refractivity contribution in [2.24, 2.45) is 11.7 Å². The average molecular weight is 248 g/mol. The number of nitriles is 1. The van der Waals surface area contributed by atoms with Crippen LogP contribution in [0.2, 0.25) is 0 Å². The summed E-state index contributed by atoms with van der Waals surface area (Å²) in [5.74, 6) is -0.980. The highest BCUT2D eigenvalue weighted by atomic mass is 32.1. The number of thiocarbonyl (C=S) groups is 1. The first-order valence-corrected chi connectivity index (χ1v) is 4.90. The van der Waals surface area contributed by atoms with Crippen LogP contribution in [0.15, 0.2) is 24.3 Å². The predicted octanol–water partition coefficient (Wildman–Crippen LogP) is 1.39. The minimum atomic E-state index is -0.980. The van der Waals surface area contributed by atoms with E-state index in [1.165, 1.54) is 24.3 Å². The van der Waals surface area contributed by atoms with E-state index in [0.717, 1.165) is 0 Å². The van der Waals surface area contributed by atoms with Gasteiger partial charge < -0.3 is 11.1 Å². The van der Waals surface area contributed by atoms with E-state index in [1.54, 1.807) is 0 Å². The van der Waals surface area contributed by atoms with Crippen LogP contribution in [0.1, 0.15) is 5.56 Å². The van der Waals surface area contributed by atoms with E-state index in [4.69, 9.17) is 16.4 Å². The van der Waals surface area contributed by atoms with Crippen LogP contribution in [0.3, 0.4) is 0 Å². The topological polar surface area (TPSA) is 117 Å². The molecule has 17 heavy (non-hydrogen) atoms. The summed E-state index contributed by atoms with van der Waals surface area (Å²) in [7, 11) is 0. The number of nitrogens with one attached hydrogen (secondary N) is 1. The third-order valence-corrected chi connectivity index (χ3v) is 2.33. The van der Waals surface area contributed by atoms with Gasteiger partial charge in [-0.3, -0.25) is 10.1 Å². The normalized spacial score (nSPS) is 11.2. The fourth-order valence-electron chi connectivity index (χ4n) is 1.20. The van der Waals surface area contributed by atoms with Crippen molar-refractivity contribution in [3.05, 3.63) is 39.9 Å². The number of nitrogens with zero attached hydrogens (tertiary/aromatic N) is 2. The molecule has 7 heteroatoms. The maximum atomic E-state index is 10.4. The van der Waals surface area contributed by atoms with E-state index in [9.17, 15) is 10.1 Å². The molecule has 1 rings (SSSR count). The second-order valence-corrected chi connectivity index (χ2v) is 3.65. The lowest BCUT2D eigenvalue weighted by Crippen LogP contribution is -2.27. The van der Waals surface area contributed by atoms with E-state index in [-0.39, 0.29) is 16.4 Å². The minimum absolute atomic E-state index is 0.0603. The van der Waals surface area contributed by atoms with Crippen molar-refractivity contribution in [3.8, 4) is 6.07 Å². The number of nitrogens with two attached hydrogens (primary N) is 1. The first-order valence-electron chi connectivity index (χ1n) is 4.49. The molecule has 86 valence electrons. The molecule has 1 atom stereocenters. The van der Waals surface area contributed by atoms with Crippen molar-refractivity contribution in [1.29, 1.82) is 10.7 Å². The summed E-state index contributed by atoms with van der Waals surface area (Å²) in [6.07, 6.45) is 0. The summed E-state index contributed by atoms with van der Waals surface area (Å²) in [6, 6.07) is 7.12. The van der Waals surface area contributed by atoms with Crippen molar-refractivity contribution >= 4 is 28.6 Å². The molecule has 0 aliphatic carbocycles. The quantitative estimate of drug-likeness (QED) is 0.361. The molecule has 0 amide bonds. The lowest BCUT2D eigenvalue weighted by molar-refractivity contribution is -0.384. The van der Waals surface area contributed by atoms with Crippen molar-refractivity contribution in [3.63, 3.8) is 0 Å². The molecule has 0 aliphatic heterocycles. The highest BCUT2D eigenvalue weighted by Gasteiger charge is 2.19. The fourth-order valence-corrected chi connectivity index (χ4v) is 1.37. The van der Waals surface area contributed by atoms with Crippen LogP contribution in [0.25, 0.3) is 0 Å². The number of nitro groups is 1. The summed E-state index contributed by atoms with van der Waals surface area (Å²) in [5.41, 5.74) is 5.57. The Bertz CT molecular complexity index is 518. The van der Waals surface area contributed by atoms with Gasteiger partial charge in [0.1, 0.15) is 5.92 Å². The van der Waals surface area contributed by atoms with Gasteiger partial charge in [0.25, 0.3) is 5.69 Å². The highest BCUT2D eigenvalue weighted by Crippen LogP contribution is 2.15. The molecular formula is C10H8N4O2S. The van der Waals surface area contributed by atoms with Gasteiger partial charge in [-0.1, -0.05) is 12.2 Å². The summed E-state index contributed by atoms with van der Waals surface area (Å²) in [6.45, 7) is 0. The van der Waals surface area contributed by atoms with Gasteiger partial charge in [-0.15, -0.1) is 0 Å². The number of hydrogen-bond donors (Lipinski definition) is 2.